The first kappa shape index (κ1) is 14.3. The average molecular weight is 249 g/mol. The van der Waals surface area contributed by atoms with E-state index in [2.05, 4.69) is 6.92 Å². The third-order valence-electron chi connectivity index (χ3n) is 3.09. The predicted molar refractivity (Wildman–Crippen MR) is 65.4 cm³/mol. The van der Waals surface area contributed by atoms with Crippen molar-refractivity contribution < 1.29 is 14.0 Å². The average Bonchev–Trinajstić information content (AvgIpc) is 2.27. The second-order valence-corrected chi connectivity index (χ2v) is 6.20. The Balaban J connectivity index is 2.48. The van der Waals surface area contributed by atoms with E-state index in [1.54, 1.807) is 0 Å². The lowest BCUT2D eigenvalue weighted by Gasteiger charge is -2.33. The van der Waals surface area contributed by atoms with E-state index in [0.29, 0.717) is 19.8 Å². The van der Waals surface area contributed by atoms with Crippen LogP contribution in [0.4, 0.5) is 0 Å². The molecule has 1 saturated heterocycles. The number of hydrogen-bond donors (Lipinski definition) is 1. The quantitative estimate of drug-likeness (QED) is 0.722. The summed E-state index contributed by atoms with van der Waals surface area (Å²) in [6, 6.07) is 0. The molecule has 1 aliphatic rings. The van der Waals surface area contributed by atoms with Gasteiger partial charge in [0.25, 0.3) is 0 Å². The van der Waals surface area contributed by atoms with Crippen LogP contribution in [0, 0.1) is 0 Å². The Morgan fingerprint density at radius 2 is 2.25 bits per heavy atom. The molecule has 1 aliphatic heterocycles. The number of rotatable bonds is 6. The highest BCUT2D eigenvalue weighted by atomic mass is 32.2. The van der Waals surface area contributed by atoms with E-state index >= 15 is 0 Å². The molecular weight excluding hydrogens is 226 g/mol. The minimum Gasteiger partial charge on any atom is -0.598 e. The fourth-order valence-corrected chi connectivity index (χ4v) is 2.67. The third-order valence-corrected chi connectivity index (χ3v) is 4.43. The topological polar surface area (TPSA) is 67.5 Å². The molecule has 1 fully saturated rings. The van der Waals surface area contributed by atoms with Gasteiger partial charge in [-0.2, -0.15) is 5.14 Å². The van der Waals surface area contributed by atoms with Crippen LogP contribution in [-0.2, 0) is 20.8 Å². The molecule has 1 rings (SSSR count). The maximum absolute atomic E-state index is 11.6. The predicted octanol–water partition coefficient (Wildman–Crippen LogP) is 1.36. The lowest BCUT2D eigenvalue weighted by Crippen LogP contribution is -2.45. The molecule has 3 atom stereocenters. The Kier molecular flexibility index (Phi) is 6.07. The highest BCUT2D eigenvalue weighted by molar-refractivity contribution is 7.90. The van der Waals surface area contributed by atoms with Gasteiger partial charge in [0.15, 0.2) is 0 Å². The zero-order valence-corrected chi connectivity index (χ0v) is 11.1. The van der Waals surface area contributed by atoms with Gasteiger partial charge in [0.1, 0.15) is 4.75 Å². The largest absolute Gasteiger partial charge is 0.598 e. The molecular formula is C11H23NO3S. The molecule has 0 saturated carbocycles. The number of unbranched alkanes of at least 4 members (excludes halogenated alkanes) is 1. The summed E-state index contributed by atoms with van der Waals surface area (Å²) < 4.78 is 22.2. The summed E-state index contributed by atoms with van der Waals surface area (Å²) in [4.78, 5) is 0. The molecule has 1 heterocycles. The molecule has 0 amide bonds. The van der Waals surface area contributed by atoms with Crippen LogP contribution in [0.2, 0.25) is 0 Å². The standard InChI is InChI=1S/C11H23NO3S/c1-3-4-5-11(2,16(12)13)8-10-9-14-6-7-15-10/h10H,3-9,12H2,1-2H3. The van der Waals surface area contributed by atoms with E-state index in [0.717, 1.165) is 25.7 Å². The Labute approximate surface area is 101 Å². The summed E-state index contributed by atoms with van der Waals surface area (Å²) in [5, 5.41) is 5.60. The van der Waals surface area contributed by atoms with Crippen LogP contribution in [0.25, 0.3) is 0 Å². The van der Waals surface area contributed by atoms with Gasteiger partial charge in [-0.1, -0.05) is 13.3 Å². The molecule has 96 valence electrons. The van der Waals surface area contributed by atoms with Gasteiger partial charge in [-0.15, -0.1) is 0 Å². The van der Waals surface area contributed by atoms with Gasteiger partial charge in [-0.3, -0.25) is 0 Å². The van der Waals surface area contributed by atoms with Crippen molar-refractivity contribution in [3.63, 3.8) is 0 Å². The first-order chi connectivity index (χ1) is 7.58. The van der Waals surface area contributed by atoms with Crippen molar-refractivity contribution in [3.8, 4) is 0 Å². The van der Waals surface area contributed by atoms with Crippen molar-refractivity contribution in [2.24, 2.45) is 5.14 Å². The first-order valence-corrected chi connectivity index (χ1v) is 7.15. The van der Waals surface area contributed by atoms with E-state index in [1.165, 1.54) is 0 Å². The van der Waals surface area contributed by atoms with Crippen molar-refractivity contribution in [2.75, 3.05) is 19.8 Å². The Hall–Kier alpha value is 0.190. The molecule has 3 unspecified atom stereocenters. The maximum Gasteiger partial charge on any atom is 0.144 e. The fraction of sp³-hybridized carbons (Fsp3) is 1.00. The van der Waals surface area contributed by atoms with Crippen LogP contribution in [0.5, 0.6) is 0 Å². The molecule has 0 aliphatic carbocycles. The molecule has 5 heteroatoms. The Morgan fingerprint density at radius 3 is 2.75 bits per heavy atom. The summed E-state index contributed by atoms with van der Waals surface area (Å²) in [7, 11) is 0. The van der Waals surface area contributed by atoms with Gasteiger partial charge in [0.05, 0.1) is 25.9 Å². The lowest BCUT2D eigenvalue weighted by atomic mass is 9.96. The van der Waals surface area contributed by atoms with E-state index in [-0.39, 0.29) is 10.9 Å². The highest BCUT2D eigenvalue weighted by Gasteiger charge is 2.38. The van der Waals surface area contributed by atoms with Crippen molar-refractivity contribution in [2.45, 2.75) is 50.4 Å². The zero-order chi connectivity index (χ0) is 12.0. The van der Waals surface area contributed by atoms with Gasteiger partial charge in [0.2, 0.25) is 0 Å². The van der Waals surface area contributed by atoms with Gasteiger partial charge in [-0.25, -0.2) is 0 Å². The normalized spacial score (nSPS) is 27.4. The molecule has 2 N–H and O–H groups in total. The van der Waals surface area contributed by atoms with Crippen LogP contribution < -0.4 is 5.14 Å². The smallest absolute Gasteiger partial charge is 0.144 e. The van der Waals surface area contributed by atoms with Crippen LogP contribution in [-0.4, -0.2) is 35.2 Å². The molecule has 0 aromatic rings. The molecule has 0 radical (unpaired) electrons. The van der Waals surface area contributed by atoms with Crippen molar-refractivity contribution >= 4 is 11.4 Å². The SMILES string of the molecule is CCCCC(C)(CC1COCCO1)[S+](N)[O-]. The summed E-state index contributed by atoms with van der Waals surface area (Å²) in [5.41, 5.74) is 0. The summed E-state index contributed by atoms with van der Waals surface area (Å²) in [5.74, 6) is 0. The van der Waals surface area contributed by atoms with E-state index in [1.807, 2.05) is 6.92 Å². The van der Waals surface area contributed by atoms with Gasteiger partial charge >= 0.3 is 0 Å². The van der Waals surface area contributed by atoms with E-state index < -0.39 is 11.4 Å². The highest BCUT2D eigenvalue weighted by Crippen LogP contribution is 2.29. The van der Waals surface area contributed by atoms with Gasteiger partial charge < -0.3 is 14.0 Å². The molecule has 0 aromatic heterocycles. The second-order valence-electron chi connectivity index (χ2n) is 4.62. The van der Waals surface area contributed by atoms with Crippen molar-refractivity contribution in [3.05, 3.63) is 0 Å². The Morgan fingerprint density at radius 1 is 1.50 bits per heavy atom. The van der Waals surface area contributed by atoms with Gasteiger partial charge in [0, 0.05) is 17.8 Å². The first-order valence-electron chi connectivity index (χ1n) is 5.94. The van der Waals surface area contributed by atoms with E-state index in [4.69, 9.17) is 14.6 Å². The minimum absolute atomic E-state index is 0.0445. The molecule has 0 bridgehead atoms. The molecule has 0 aromatic carbocycles. The van der Waals surface area contributed by atoms with Crippen LogP contribution >= 0.6 is 0 Å². The zero-order valence-electron chi connectivity index (χ0n) is 10.2. The summed E-state index contributed by atoms with van der Waals surface area (Å²) in [6.07, 6.45) is 3.79. The minimum atomic E-state index is -1.31. The fourth-order valence-electron chi connectivity index (χ4n) is 1.97. The summed E-state index contributed by atoms with van der Waals surface area (Å²) >= 11 is -1.31. The Bertz CT molecular complexity index is 198. The summed E-state index contributed by atoms with van der Waals surface area (Å²) in [6.45, 7) is 6.00. The monoisotopic (exact) mass is 249 g/mol. The molecule has 4 nitrogen and oxygen atoms in total. The maximum atomic E-state index is 11.6. The number of hydrogen-bond acceptors (Lipinski definition) is 4. The van der Waals surface area contributed by atoms with Crippen LogP contribution in [0.3, 0.4) is 0 Å². The van der Waals surface area contributed by atoms with Gasteiger partial charge in [-0.05, 0) is 19.8 Å². The lowest BCUT2D eigenvalue weighted by molar-refractivity contribution is -0.0939. The van der Waals surface area contributed by atoms with Crippen molar-refractivity contribution in [1.82, 2.24) is 0 Å². The number of ether oxygens (including phenoxy) is 2. The van der Waals surface area contributed by atoms with Crippen LogP contribution in [0.15, 0.2) is 0 Å². The van der Waals surface area contributed by atoms with Crippen molar-refractivity contribution in [1.29, 1.82) is 0 Å². The third kappa shape index (κ3) is 4.22. The number of nitrogens with two attached hydrogens (primary N) is 1. The van der Waals surface area contributed by atoms with Crippen LogP contribution in [0.1, 0.15) is 39.5 Å². The molecule has 0 spiro atoms. The van der Waals surface area contributed by atoms with E-state index in [9.17, 15) is 4.55 Å². The molecule has 16 heavy (non-hydrogen) atoms. The second kappa shape index (κ2) is 6.81.